The molecule has 50 heavy (non-hydrogen) atoms. The number of methoxy groups -OCH3 is 1. The van der Waals surface area contributed by atoms with E-state index >= 15 is 0 Å². The summed E-state index contributed by atoms with van der Waals surface area (Å²) < 4.78 is 5.36. The maximum atomic E-state index is 14.0. The lowest BCUT2D eigenvalue weighted by molar-refractivity contribution is 0.106. The number of ketones is 1. The number of carbonyl (C=O) groups is 1. The van der Waals surface area contributed by atoms with Gasteiger partial charge >= 0.3 is 0 Å². The van der Waals surface area contributed by atoms with E-state index in [-0.39, 0.29) is 17.6 Å². The summed E-state index contributed by atoms with van der Waals surface area (Å²) in [5.74, 6) is 0.357. The predicted molar refractivity (Wildman–Crippen MR) is 208 cm³/mol. The van der Waals surface area contributed by atoms with Crippen LogP contribution in [0.25, 0.3) is 0 Å². The van der Waals surface area contributed by atoms with Gasteiger partial charge in [0.1, 0.15) is 5.75 Å². The summed E-state index contributed by atoms with van der Waals surface area (Å²) in [6, 6.07) is 47.0. The molecule has 0 aliphatic carbocycles. The quantitative estimate of drug-likeness (QED) is 0.0837. The van der Waals surface area contributed by atoms with Crippen molar-refractivity contribution < 1.29 is 9.53 Å². The smallest absolute Gasteiger partial charge is 0.206 e. The van der Waals surface area contributed by atoms with Crippen LogP contribution in [0.5, 0.6) is 5.75 Å². The lowest BCUT2D eigenvalue weighted by Crippen LogP contribution is -2.13. The highest BCUT2D eigenvalue weighted by Crippen LogP contribution is 2.45. The van der Waals surface area contributed by atoms with Crippen molar-refractivity contribution in [2.45, 2.75) is 53.4 Å². The van der Waals surface area contributed by atoms with Crippen LogP contribution < -0.4 is 4.74 Å². The molecule has 3 heteroatoms. The Balaban J connectivity index is 1.67. The van der Waals surface area contributed by atoms with Gasteiger partial charge in [-0.05, 0) is 99.2 Å². The van der Waals surface area contributed by atoms with Gasteiger partial charge in [-0.1, -0.05) is 137 Å². The molecule has 250 valence electrons. The molecule has 0 aliphatic rings. The first-order valence-electron chi connectivity index (χ1n) is 17.3. The van der Waals surface area contributed by atoms with Crippen LogP contribution >= 0.6 is 0 Å². The van der Waals surface area contributed by atoms with Crippen molar-refractivity contribution in [3.63, 3.8) is 0 Å². The van der Waals surface area contributed by atoms with Gasteiger partial charge in [0, 0.05) is 17.4 Å². The van der Waals surface area contributed by atoms with Gasteiger partial charge in [0.15, 0.2) is 0 Å². The third kappa shape index (κ3) is 7.53. The van der Waals surface area contributed by atoms with Crippen LogP contribution in [-0.2, 0) is 0 Å². The minimum Gasteiger partial charge on any atom is -0.497 e. The molecule has 0 N–H and O–H groups in total. The molecule has 0 radical (unpaired) electrons. The fraction of sp³-hybridized carbons (Fsp3) is 0.191. The van der Waals surface area contributed by atoms with Crippen molar-refractivity contribution >= 4 is 17.2 Å². The minimum atomic E-state index is -0.117. The number of Topliss-reactive ketones (excluding diaryl/α,β-unsaturated/α-hetero) is 1. The van der Waals surface area contributed by atoms with E-state index in [0.717, 1.165) is 22.4 Å². The second-order valence-corrected chi connectivity index (χ2v) is 13.6. The molecular weight excluding hydrogens is 611 g/mol. The summed E-state index contributed by atoms with van der Waals surface area (Å²) in [5, 5.41) is 0. The van der Waals surface area contributed by atoms with E-state index in [4.69, 9.17) is 9.73 Å². The van der Waals surface area contributed by atoms with Gasteiger partial charge in [0.25, 0.3) is 0 Å². The van der Waals surface area contributed by atoms with E-state index in [1.54, 1.807) is 19.2 Å². The molecule has 0 amide bonds. The second kappa shape index (κ2) is 14.9. The van der Waals surface area contributed by atoms with E-state index in [0.29, 0.717) is 17.0 Å². The van der Waals surface area contributed by atoms with Crippen molar-refractivity contribution in [1.29, 1.82) is 0 Å². The Bertz CT molecular complexity index is 1910. The van der Waals surface area contributed by atoms with Gasteiger partial charge in [-0.15, -0.1) is 0 Å². The molecule has 0 heterocycles. The SMILES string of the molecule is COc1ccc(C(=O)C(C)=Nc2c(C(c3ccc(C)cc3)c3ccc(C)cc3)cc(C)cc2C(c2ccc(C)cc2)c2ccc(C)cc2)cc1. The Morgan fingerprint density at radius 3 is 1.16 bits per heavy atom. The van der Waals surface area contributed by atoms with Crippen molar-refractivity contribution in [2.24, 2.45) is 4.99 Å². The number of ether oxygens (including phenoxy) is 1. The van der Waals surface area contributed by atoms with Gasteiger partial charge in [-0.2, -0.15) is 0 Å². The largest absolute Gasteiger partial charge is 0.497 e. The lowest BCUT2D eigenvalue weighted by Gasteiger charge is -2.27. The fourth-order valence-electron chi connectivity index (χ4n) is 6.71. The van der Waals surface area contributed by atoms with Crippen molar-refractivity contribution in [3.8, 4) is 5.75 Å². The van der Waals surface area contributed by atoms with Crippen molar-refractivity contribution in [1.82, 2.24) is 0 Å². The normalized spacial score (nSPS) is 11.7. The molecule has 6 aromatic carbocycles. The number of benzene rings is 6. The summed E-state index contributed by atoms with van der Waals surface area (Å²) in [5.41, 5.74) is 14.6. The number of aryl methyl sites for hydroxylation is 5. The van der Waals surface area contributed by atoms with Crippen molar-refractivity contribution in [3.05, 3.63) is 200 Å². The van der Waals surface area contributed by atoms with Gasteiger partial charge in [0.05, 0.1) is 18.5 Å². The second-order valence-electron chi connectivity index (χ2n) is 13.6. The number of hydrogen-bond donors (Lipinski definition) is 0. The average Bonchev–Trinajstić information content (AvgIpc) is 3.12. The zero-order valence-electron chi connectivity index (χ0n) is 30.1. The highest BCUT2D eigenvalue weighted by Gasteiger charge is 2.28. The summed E-state index contributed by atoms with van der Waals surface area (Å²) >= 11 is 0. The monoisotopic (exact) mass is 655 g/mol. The molecule has 6 aromatic rings. The highest BCUT2D eigenvalue weighted by molar-refractivity contribution is 6.45. The molecule has 0 bridgehead atoms. The lowest BCUT2D eigenvalue weighted by atomic mass is 9.78. The average molecular weight is 656 g/mol. The minimum absolute atomic E-state index is 0.116. The van der Waals surface area contributed by atoms with Crippen LogP contribution in [0, 0.1) is 34.6 Å². The summed E-state index contributed by atoms with van der Waals surface area (Å²) in [6.45, 7) is 12.5. The number of nitrogens with zero attached hydrogens (tertiary/aromatic N) is 1. The maximum absolute atomic E-state index is 14.0. The number of rotatable bonds is 10. The first kappa shape index (κ1) is 34.3. The van der Waals surface area contributed by atoms with Crippen LogP contribution in [0.3, 0.4) is 0 Å². The predicted octanol–water partition coefficient (Wildman–Crippen LogP) is 11.6. The number of hydrogen-bond acceptors (Lipinski definition) is 3. The molecular formula is C47H45NO2. The van der Waals surface area contributed by atoms with E-state index in [2.05, 4.69) is 144 Å². The third-order valence-corrected chi connectivity index (χ3v) is 9.54. The molecule has 0 atom stereocenters. The Morgan fingerprint density at radius 2 is 0.840 bits per heavy atom. The standard InChI is InChI=1S/C47H45NO2/c1-30-8-16-36(17-9-30)44(37-18-10-31(2)11-19-37)42-28-34(5)29-43(46(42)48-35(6)47(49)40-24-26-41(50-7)27-25-40)45(38-20-12-32(3)13-21-38)39-22-14-33(4)15-23-39/h8-29,44-45H,1-7H3. The van der Waals surface area contributed by atoms with E-state index < -0.39 is 0 Å². The zero-order valence-corrected chi connectivity index (χ0v) is 30.1. The molecule has 0 unspecified atom stereocenters. The molecule has 0 saturated heterocycles. The van der Waals surface area contributed by atoms with E-state index in [1.807, 2.05) is 19.1 Å². The Kier molecular flexibility index (Phi) is 10.2. The van der Waals surface area contributed by atoms with Gasteiger partial charge in [0.2, 0.25) is 5.78 Å². The van der Waals surface area contributed by atoms with Crippen LogP contribution in [0.4, 0.5) is 5.69 Å². The first-order valence-corrected chi connectivity index (χ1v) is 17.3. The summed E-state index contributed by atoms with van der Waals surface area (Å²) in [6.07, 6.45) is 0. The van der Waals surface area contributed by atoms with Gasteiger partial charge in [-0.3, -0.25) is 4.79 Å². The number of carbonyl (C=O) groups excluding carboxylic acids is 1. The zero-order chi connectivity index (χ0) is 35.4. The molecule has 6 rings (SSSR count). The van der Waals surface area contributed by atoms with E-state index in [9.17, 15) is 4.79 Å². The molecule has 0 spiro atoms. The maximum Gasteiger partial charge on any atom is 0.206 e. The van der Waals surface area contributed by atoms with Crippen molar-refractivity contribution in [2.75, 3.05) is 7.11 Å². The molecule has 0 fully saturated rings. The number of aliphatic imine (C=N–C) groups is 1. The van der Waals surface area contributed by atoms with Crippen LogP contribution in [0.1, 0.15) is 90.3 Å². The van der Waals surface area contributed by atoms with E-state index in [1.165, 1.54) is 44.5 Å². The highest BCUT2D eigenvalue weighted by atomic mass is 16.5. The fourth-order valence-corrected chi connectivity index (χ4v) is 6.71. The van der Waals surface area contributed by atoms with Crippen LogP contribution in [0.2, 0.25) is 0 Å². The molecule has 0 aromatic heterocycles. The summed E-state index contributed by atoms with van der Waals surface area (Å²) in [7, 11) is 1.63. The summed E-state index contributed by atoms with van der Waals surface area (Å²) in [4.78, 5) is 19.4. The third-order valence-electron chi connectivity index (χ3n) is 9.54. The van der Waals surface area contributed by atoms with Crippen LogP contribution in [-0.4, -0.2) is 18.6 Å². The van der Waals surface area contributed by atoms with Crippen LogP contribution in [0.15, 0.2) is 138 Å². The Morgan fingerprint density at radius 1 is 0.500 bits per heavy atom. The van der Waals surface area contributed by atoms with Gasteiger partial charge < -0.3 is 4.74 Å². The molecule has 0 saturated carbocycles. The Hall–Kier alpha value is -5.54. The Labute approximate surface area is 297 Å². The van der Waals surface area contributed by atoms with Gasteiger partial charge in [-0.25, -0.2) is 4.99 Å². The molecule has 0 aliphatic heterocycles. The molecule has 3 nitrogen and oxygen atoms in total. The first-order chi connectivity index (χ1) is 24.1. The topological polar surface area (TPSA) is 38.7 Å².